The third-order valence-corrected chi connectivity index (χ3v) is 8.61. The molecule has 10 rings (SSSR count). The average molecular weight is 425 g/mol. The number of hydrogen-bond acceptors (Lipinski definition) is 0. The number of hydrogen-bond donors (Lipinski definition) is 0. The lowest BCUT2D eigenvalue weighted by Crippen LogP contribution is -1.96. The Hall–Kier alpha value is -4.42. The molecular formula is C34H16. The van der Waals surface area contributed by atoms with Gasteiger partial charge in [-0.3, -0.25) is 0 Å². The fraction of sp³-hybridized carbons (Fsp3) is 0. The summed E-state index contributed by atoms with van der Waals surface area (Å²) in [4.78, 5) is 0. The molecule has 0 saturated carbocycles. The molecule has 0 unspecified atom stereocenters. The second-order valence-corrected chi connectivity index (χ2v) is 10.0. The molecule has 0 saturated heterocycles. The highest BCUT2D eigenvalue weighted by Crippen LogP contribution is 2.53. The Morgan fingerprint density at radius 2 is 0.676 bits per heavy atom. The SMILES string of the molecule is c1ccc2c(c1)c1ccc3ccc4cc5ccc6cccc7c8ccc2c2c1c3c4c(c5c67)c82. The van der Waals surface area contributed by atoms with Gasteiger partial charge in [-0.25, -0.2) is 0 Å². The van der Waals surface area contributed by atoms with Gasteiger partial charge in [0.05, 0.1) is 0 Å². The summed E-state index contributed by atoms with van der Waals surface area (Å²) < 4.78 is 0. The monoisotopic (exact) mass is 424 g/mol. The van der Waals surface area contributed by atoms with Crippen molar-refractivity contribution in [3.63, 3.8) is 0 Å². The van der Waals surface area contributed by atoms with Crippen LogP contribution in [0.3, 0.4) is 0 Å². The molecule has 34 heavy (non-hydrogen) atoms. The third-order valence-electron chi connectivity index (χ3n) is 8.61. The Morgan fingerprint density at radius 3 is 1.44 bits per heavy atom. The minimum absolute atomic E-state index is 1.33. The number of benzene rings is 10. The van der Waals surface area contributed by atoms with Gasteiger partial charge >= 0.3 is 0 Å². The quantitative estimate of drug-likeness (QED) is 0.168. The second-order valence-electron chi connectivity index (χ2n) is 10.0. The summed E-state index contributed by atoms with van der Waals surface area (Å²) in [5.74, 6) is 0. The summed E-state index contributed by atoms with van der Waals surface area (Å²) >= 11 is 0. The fourth-order valence-electron chi connectivity index (χ4n) is 7.38. The van der Waals surface area contributed by atoms with Crippen molar-refractivity contribution in [2.45, 2.75) is 0 Å². The van der Waals surface area contributed by atoms with Crippen LogP contribution >= 0.6 is 0 Å². The molecule has 0 heterocycles. The maximum absolute atomic E-state index is 2.42. The summed E-state index contributed by atoms with van der Waals surface area (Å²) in [7, 11) is 0. The summed E-state index contributed by atoms with van der Waals surface area (Å²) in [6.07, 6.45) is 0. The van der Waals surface area contributed by atoms with E-state index in [0.717, 1.165) is 0 Å². The maximum Gasteiger partial charge on any atom is -0.000115 e. The summed E-state index contributed by atoms with van der Waals surface area (Å²) in [5, 5.41) is 25.1. The molecule has 0 radical (unpaired) electrons. The van der Waals surface area contributed by atoms with Crippen molar-refractivity contribution in [3.05, 3.63) is 97.1 Å². The lowest BCUT2D eigenvalue weighted by molar-refractivity contribution is 1.80. The van der Waals surface area contributed by atoms with Crippen molar-refractivity contribution < 1.29 is 0 Å². The molecular weight excluding hydrogens is 408 g/mol. The van der Waals surface area contributed by atoms with Crippen LogP contribution < -0.4 is 0 Å². The van der Waals surface area contributed by atoms with E-state index in [-0.39, 0.29) is 0 Å². The summed E-state index contributed by atoms with van der Waals surface area (Å²) in [5.41, 5.74) is 0. The van der Waals surface area contributed by atoms with E-state index in [4.69, 9.17) is 0 Å². The molecule has 152 valence electrons. The van der Waals surface area contributed by atoms with Gasteiger partial charge in [0.25, 0.3) is 0 Å². The highest BCUT2D eigenvalue weighted by atomic mass is 14.3. The molecule has 0 aliphatic carbocycles. The fourth-order valence-corrected chi connectivity index (χ4v) is 7.38. The van der Waals surface area contributed by atoms with E-state index in [2.05, 4.69) is 97.1 Å². The summed E-state index contributed by atoms with van der Waals surface area (Å²) in [6, 6.07) is 36.9. The van der Waals surface area contributed by atoms with Crippen LogP contribution in [0.1, 0.15) is 0 Å². The highest BCUT2D eigenvalue weighted by molar-refractivity contribution is 6.52. The van der Waals surface area contributed by atoms with Crippen molar-refractivity contribution >= 4 is 97.0 Å². The first-order chi connectivity index (χ1) is 16.9. The Balaban J connectivity index is 1.77. The van der Waals surface area contributed by atoms with Crippen molar-refractivity contribution in [2.75, 3.05) is 0 Å². The van der Waals surface area contributed by atoms with Crippen LogP contribution in [-0.2, 0) is 0 Å². The zero-order valence-corrected chi connectivity index (χ0v) is 18.2. The van der Waals surface area contributed by atoms with Gasteiger partial charge in [0.15, 0.2) is 0 Å². The van der Waals surface area contributed by atoms with Gasteiger partial charge in [0.2, 0.25) is 0 Å². The minimum atomic E-state index is 1.33. The van der Waals surface area contributed by atoms with E-state index in [1.165, 1.54) is 97.0 Å². The van der Waals surface area contributed by atoms with Crippen LogP contribution in [0.4, 0.5) is 0 Å². The van der Waals surface area contributed by atoms with E-state index in [1.807, 2.05) is 0 Å². The molecule has 0 aromatic heterocycles. The third kappa shape index (κ3) is 1.54. The predicted molar refractivity (Wildman–Crippen MR) is 149 cm³/mol. The molecule has 0 amide bonds. The maximum atomic E-state index is 2.42. The van der Waals surface area contributed by atoms with Crippen LogP contribution in [0.15, 0.2) is 97.1 Å². The predicted octanol–water partition coefficient (Wildman–Crippen LogP) is 9.82. The van der Waals surface area contributed by atoms with Gasteiger partial charge < -0.3 is 0 Å². The molecule has 0 aliphatic rings. The average Bonchev–Trinajstić information content (AvgIpc) is 2.90. The standard InChI is InChI=1S/C34H16/c1-2-6-22-21(5-1)24-13-12-18-9-11-20-16-19-10-8-17-4-3-7-23-26-15-14-25(22)32-31(24)28(18)30(20)34(33(26)32)29(19)27(17)23/h1-16H. The normalized spacial score (nSPS) is 13.3. The zero-order valence-electron chi connectivity index (χ0n) is 18.2. The van der Waals surface area contributed by atoms with E-state index in [0.29, 0.717) is 0 Å². The van der Waals surface area contributed by atoms with Gasteiger partial charge in [0.1, 0.15) is 0 Å². The lowest BCUT2D eigenvalue weighted by atomic mass is 9.78. The Morgan fingerprint density at radius 1 is 0.235 bits per heavy atom. The van der Waals surface area contributed by atoms with E-state index in [9.17, 15) is 0 Å². The summed E-state index contributed by atoms with van der Waals surface area (Å²) in [6.45, 7) is 0. The molecule has 10 aromatic carbocycles. The van der Waals surface area contributed by atoms with E-state index in [1.54, 1.807) is 0 Å². The molecule has 0 aliphatic heterocycles. The molecule has 0 spiro atoms. The van der Waals surface area contributed by atoms with Crippen molar-refractivity contribution in [1.29, 1.82) is 0 Å². The van der Waals surface area contributed by atoms with Crippen LogP contribution in [0.5, 0.6) is 0 Å². The van der Waals surface area contributed by atoms with Gasteiger partial charge in [-0.2, -0.15) is 0 Å². The van der Waals surface area contributed by atoms with Crippen molar-refractivity contribution in [1.82, 2.24) is 0 Å². The molecule has 0 N–H and O–H groups in total. The Labute approximate surface area is 193 Å². The van der Waals surface area contributed by atoms with Gasteiger partial charge in [-0.15, -0.1) is 0 Å². The first-order valence-electron chi connectivity index (χ1n) is 12.0. The van der Waals surface area contributed by atoms with Crippen LogP contribution in [0, 0.1) is 0 Å². The van der Waals surface area contributed by atoms with Crippen molar-refractivity contribution in [2.24, 2.45) is 0 Å². The lowest BCUT2D eigenvalue weighted by Gasteiger charge is -2.24. The van der Waals surface area contributed by atoms with Gasteiger partial charge in [0, 0.05) is 0 Å². The largest absolute Gasteiger partial charge is 0.0616 e. The Bertz CT molecular complexity index is 2420. The first-order valence-corrected chi connectivity index (χ1v) is 12.0. The number of rotatable bonds is 0. The topological polar surface area (TPSA) is 0 Å². The number of fused-ring (bicyclic) bond motifs is 4. The molecule has 0 atom stereocenters. The smallest absolute Gasteiger partial charge is 0.000115 e. The molecule has 0 fully saturated rings. The molecule has 0 bridgehead atoms. The first kappa shape index (κ1) is 16.2. The van der Waals surface area contributed by atoms with Gasteiger partial charge in [-0.05, 0) is 103 Å². The van der Waals surface area contributed by atoms with Gasteiger partial charge in [-0.1, -0.05) is 91.0 Å². The van der Waals surface area contributed by atoms with Crippen molar-refractivity contribution in [3.8, 4) is 0 Å². The molecule has 0 heteroatoms. The molecule has 10 aromatic rings. The van der Waals surface area contributed by atoms with Crippen LogP contribution in [-0.4, -0.2) is 0 Å². The highest BCUT2D eigenvalue weighted by Gasteiger charge is 2.24. The van der Waals surface area contributed by atoms with E-state index >= 15 is 0 Å². The van der Waals surface area contributed by atoms with E-state index < -0.39 is 0 Å². The van der Waals surface area contributed by atoms with Crippen LogP contribution in [0.25, 0.3) is 97.0 Å². The zero-order chi connectivity index (χ0) is 21.7. The minimum Gasteiger partial charge on any atom is -0.0616 e. The Kier molecular flexibility index (Phi) is 2.41. The van der Waals surface area contributed by atoms with Crippen LogP contribution in [0.2, 0.25) is 0 Å². The second kappa shape index (κ2) is 5.05. The molecule has 0 nitrogen and oxygen atoms in total.